The van der Waals surface area contributed by atoms with Crippen molar-refractivity contribution in [3.63, 3.8) is 0 Å². The van der Waals surface area contributed by atoms with Crippen LogP contribution in [-0.4, -0.2) is 42.0 Å². The van der Waals surface area contributed by atoms with Crippen LogP contribution in [0.15, 0.2) is 42.5 Å². The number of aryl methyl sites for hydroxylation is 1. The van der Waals surface area contributed by atoms with E-state index >= 15 is 0 Å². The summed E-state index contributed by atoms with van der Waals surface area (Å²) in [6.45, 7) is 6.18. The number of carbonyl (C=O) groups excluding carboxylic acids is 1. The van der Waals surface area contributed by atoms with Crippen molar-refractivity contribution in [2.75, 3.05) is 31.5 Å². The summed E-state index contributed by atoms with van der Waals surface area (Å²) in [6, 6.07) is 13.3. The zero-order valence-corrected chi connectivity index (χ0v) is 15.6. The van der Waals surface area contributed by atoms with E-state index in [1.165, 1.54) is 11.1 Å². The van der Waals surface area contributed by atoms with Crippen molar-refractivity contribution < 1.29 is 4.79 Å². The van der Waals surface area contributed by atoms with Crippen molar-refractivity contribution in [2.24, 2.45) is 0 Å². The molecule has 1 aliphatic heterocycles. The molecular weight excluding hydrogens is 357 g/mol. The van der Waals surface area contributed by atoms with E-state index in [0.717, 1.165) is 19.6 Å². The maximum Gasteiger partial charge on any atom is 0.321 e. The van der Waals surface area contributed by atoms with Gasteiger partial charge in [0.1, 0.15) is 0 Å². The van der Waals surface area contributed by atoms with Crippen LogP contribution in [0.5, 0.6) is 0 Å². The van der Waals surface area contributed by atoms with Crippen molar-refractivity contribution in [3.8, 4) is 0 Å². The molecule has 1 fully saturated rings. The Morgan fingerprint density at radius 2 is 1.68 bits per heavy atom. The molecule has 2 amide bonds. The zero-order valence-electron chi connectivity index (χ0n) is 14.1. The van der Waals surface area contributed by atoms with Crippen LogP contribution in [0.25, 0.3) is 0 Å². The standard InChI is InChI=1S/C19H21Cl2N3O/c1-14-4-2-3-5-15(14)13-23-6-8-24(9-7-23)19(25)22-18-11-16(20)10-17(21)12-18/h2-5,10-12H,6-9,13H2,1H3,(H,22,25). The highest BCUT2D eigenvalue weighted by Crippen LogP contribution is 2.23. The molecule has 1 heterocycles. The number of piperazine rings is 1. The summed E-state index contributed by atoms with van der Waals surface area (Å²) in [7, 11) is 0. The number of hydrogen-bond donors (Lipinski definition) is 1. The number of benzene rings is 2. The molecule has 0 saturated carbocycles. The van der Waals surface area contributed by atoms with Crippen LogP contribution >= 0.6 is 23.2 Å². The normalized spacial score (nSPS) is 15.2. The number of rotatable bonds is 3. The van der Waals surface area contributed by atoms with Gasteiger partial charge in [0.15, 0.2) is 0 Å². The van der Waals surface area contributed by atoms with Crippen molar-refractivity contribution >= 4 is 34.9 Å². The molecule has 0 bridgehead atoms. The lowest BCUT2D eigenvalue weighted by Gasteiger charge is -2.35. The second-order valence-corrected chi connectivity index (χ2v) is 7.15. The summed E-state index contributed by atoms with van der Waals surface area (Å²) >= 11 is 11.9. The number of halogens is 2. The molecule has 3 rings (SSSR count). The average molecular weight is 378 g/mol. The van der Waals surface area contributed by atoms with E-state index in [-0.39, 0.29) is 6.03 Å². The first-order valence-electron chi connectivity index (χ1n) is 8.30. The topological polar surface area (TPSA) is 35.6 Å². The van der Waals surface area contributed by atoms with E-state index in [2.05, 4.69) is 41.4 Å². The lowest BCUT2D eigenvalue weighted by atomic mass is 10.1. The monoisotopic (exact) mass is 377 g/mol. The Balaban J connectivity index is 1.53. The third-order valence-corrected chi connectivity index (χ3v) is 4.86. The Hall–Kier alpha value is -1.75. The molecule has 6 heteroatoms. The van der Waals surface area contributed by atoms with Crippen molar-refractivity contribution in [2.45, 2.75) is 13.5 Å². The molecule has 0 spiro atoms. The summed E-state index contributed by atoms with van der Waals surface area (Å²) in [5, 5.41) is 3.88. The first-order valence-corrected chi connectivity index (χ1v) is 9.06. The maximum atomic E-state index is 12.4. The fourth-order valence-electron chi connectivity index (χ4n) is 2.97. The van der Waals surface area contributed by atoms with Gasteiger partial charge in [-0.3, -0.25) is 4.90 Å². The summed E-state index contributed by atoms with van der Waals surface area (Å²) in [5.74, 6) is 0. The third-order valence-electron chi connectivity index (χ3n) is 4.43. The van der Waals surface area contributed by atoms with Gasteiger partial charge in [-0.25, -0.2) is 4.79 Å². The van der Waals surface area contributed by atoms with Gasteiger partial charge in [-0.2, -0.15) is 0 Å². The smallest absolute Gasteiger partial charge is 0.321 e. The Kier molecular flexibility index (Phi) is 5.84. The molecule has 0 aliphatic carbocycles. The second-order valence-electron chi connectivity index (χ2n) is 6.28. The first-order chi connectivity index (χ1) is 12.0. The minimum atomic E-state index is -0.117. The molecule has 0 aromatic heterocycles. The van der Waals surface area contributed by atoms with E-state index < -0.39 is 0 Å². The predicted octanol–water partition coefficient (Wildman–Crippen LogP) is 4.65. The van der Waals surface area contributed by atoms with Crippen LogP contribution in [0, 0.1) is 6.92 Å². The number of amides is 2. The molecule has 2 aromatic rings. The molecular formula is C19H21Cl2N3O. The fraction of sp³-hybridized carbons (Fsp3) is 0.316. The van der Waals surface area contributed by atoms with Gasteiger partial charge in [-0.05, 0) is 36.2 Å². The van der Waals surface area contributed by atoms with Crippen LogP contribution in [0.3, 0.4) is 0 Å². The number of nitrogens with one attached hydrogen (secondary N) is 1. The Bertz CT molecular complexity index is 738. The lowest BCUT2D eigenvalue weighted by molar-refractivity contribution is 0.143. The van der Waals surface area contributed by atoms with Crippen LogP contribution < -0.4 is 5.32 Å². The largest absolute Gasteiger partial charge is 0.322 e. The molecule has 25 heavy (non-hydrogen) atoms. The molecule has 132 valence electrons. The summed E-state index contributed by atoms with van der Waals surface area (Å²) in [6.07, 6.45) is 0. The van der Waals surface area contributed by atoms with Crippen LogP contribution in [-0.2, 0) is 6.54 Å². The number of carbonyl (C=O) groups is 1. The molecule has 4 nitrogen and oxygen atoms in total. The van der Waals surface area contributed by atoms with Gasteiger partial charge in [0.05, 0.1) is 0 Å². The van der Waals surface area contributed by atoms with Gasteiger partial charge in [0, 0.05) is 48.5 Å². The van der Waals surface area contributed by atoms with Crippen molar-refractivity contribution in [1.82, 2.24) is 9.80 Å². The highest BCUT2D eigenvalue weighted by Gasteiger charge is 2.21. The number of urea groups is 1. The van der Waals surface area contributed by atoms with E-state index in [9.17, 15) is 4.79 Å². The van der Waals surface area contributed by atoms with Gasteiger partial charge < -0.3 is 10.2 Å². The van der Waals surface area contributed by atoms with E-state index in [1.807, 2.05) is 4.90 Å². The fourth-order valence-corrected chi connectivity index (χ4v) is 3.49. The number of hydrogen-bond acceptors (Lipinski definition) is 2. The Morgan fingerprint density at radius 1 is 1.04 bits per heavy atom. The van der Waals surface area contributed by atoms with Crippen LogP contribution in [0.2, 0.25) is 10.0 Å². The SMILES string of the molecule is Cc1ccccc1CN1CCN(C(=O)Nc2cc(Cl)cc(Cl)c2)CC1. The van der Waals surface area contributed by atoms with Crippen LogP contribution in [0.4, 0.5) is 10.5 Å². The summed E-state index contributed by atoms with van der Waals surface area (Å²) in [5.41, 5.74) is 3.26. The Labute approximate surface area is 158 Å². The minimum absolute atomic E-state index is 0.117. The average Bonchev–Trinajstić information content (AvgIpc) is 2.56. The minimum Gasteiger partial charge on any atom is -0.322 e. The first kappa shape index (κ1) is 18.1. The van der Waals surface area contributed by atoms with Crippen molar-refractivity contribution in [3.05, 3.63) is 63.6 Å². The number of anilines is 1. The molecule has 1 saturated heterocycles. The van der Waals surface area contributed by atoms with Gasteiger partial charge in [-0.1, -0.05) is 47.5 Å². The van der Waals surface area contributed by atoms with Crippen LogP contribution in [0.1, 0.15) is 11.1 Å². The Morgan fingerprint density at radius 3 is 2.32 bits per heavy atom. The zero-order chi connectivity index (χ0) is 17.8. The molecule has 0 unspecified atom stereocenters. The van der Waals surface area contributed by atoms with E-state index in [4.69, 9.17) is 23.2 Å². The lowest BCUT2D eigenvalue weighted by Crippen LogP contribution is -2.49. The van der Waals surface area contributed by atoms with Crippen molar-refractivity contribution in [1.29, 1.82) is 0 Å². The molecule has 1 N–H and O–H groups in total. The van der Waals surface area contributed by atoms with Gasteiger partial charge >= 0.3 is 6.03 Å². The molecule has 2 aromatic carbocycles. The predicted molar refractivity (Wildman–Crippen MR) is 104 cm³/mol. The quantitative estimate of drug-likeness (QED) is 0.844. The van der Waals surface area contributed by atoms with Gasteiger partial charge in [-0.15, -0.1) is 0 Å². The maximum absolute atomic E-state index is 12.4. The molecule has 0 radical (unpaired) electrons. The number of nitrogens with zero attached hydrogens (tertiary/aromatic N) is 2. The second kappa shape index (κ2) is 8.09. The van der Waals surface area contributed by atoms with Gasteiger partial charge in [0.2, 0.25) is 0 Å². The highest BCUT2D eigenvalue weighted by molar-refractivity contribution is 6.35. The molecule has 1 aliphatic rings. The van der Waals surface area contributed by atoms with E-state index in [0.29, 0.717) is 28.8 Å². The highest BCUT2D eigenvalue weighted by atomic mass is 35.5. The third kappa shape index (κ3) is 4.88. The van der Waals surface area contributed by atoms with Gasteiger partial charge in [0.25, 0.3) is 0 Å². The van der Waals surface area contributed by atoms with E-state index in [1.54, 1.807) is 18.2 Å². The molecule has 0 atom stereocenters. The summed E-state index contributed by atoms with van der Waals surface area (Å²) in [4.78, 5) is 16.6. The summed E-state index contributed by atoms with van der Waals surface area (Å²) < 4.78 is 0.